The number of carboxylic acid groups (broad SMARTS) is 1. The Hall–Kier alpha value is -1.39. The highest BCUT2D eigenvalue weighted by molar-refractivity contribution is 5.75. The fourth-order valence-electron chi connectivity index (χ4n) is 3.25. The fourth-order valence-corrected chi connectivity index (χ4v) is 3.25. The quantitative estimate of drug-likeness (QED) is 0.847. The zero-order valence-electron chi connectivity index (χ0n) is 13.4. The summed E-state index contributed by atoms with van der Waals surface area (Å²) in [5.74, 6) is 1.48. The van der Waals surface area contributed by atoms with Crippen molar-refractivity contribution in [2.75, 3.05) is 0 Å². The predicted octanol–water partition coefficient (Wildman–Crippen LogP) is 2.98. The highest BCUT2D eigenvalue weighted by Gasteiger charge is 2.40. The first-order chi connectivity index (χ1) is 9.93. The highest BCUT2D eigenvalue weighted by atomic mass is 16.4. The van der Waals surface area contributed by atoms with Crippen LogP contribution in [0.15, 0.2) is 0 Å². The van der Waals surface area contributed by atoms with Crippen molar-refractivity contribution < 1.29 is 9.90 Å². The summed E-state index contributed by atoms with van der Waals surface area (Å²) in [6, 6.07) is 0. The lowest BCUT2D eigenvalue weighted by Crippen LogP contribution is -2.34. The van der Waals surface area contributed by atoms with Gasteiger partial charge in [0.05, 0.1) is 5.41 Å². The Morgan fingerprint density at radius 3 is 2.43 bits per heavy atom. The molecule has 1 aromatic heterocycles. The van der Waals surface area contributed by atoms with E-state index in [-0.39, 0.29) is 0 Å². The smallest absolute Gasteiger partial charge is 0.310 e. The molecule has 2 rings (SSSR count). The van der Waals surface area contributed by atoms with Crippen LogP contribution in [-0.2, 0) is 24.7 Å². The Labute approximate surface area is 126 Å². The predicted molar refractivity (Wildman–Crippen MR) is 81.0 cm³/mol. The van der Waals surface area contributed by atoms with Crippen molar-refractivity contribution in [3.05, 3.63) is 11.6 Å². The zero-order chi connectivity index (χ0) is 15.5. The molecule has 0 radical (unpaired) electrons. The van der Waals surface area contributed by atoms with Gasteiger partial charge >= 0.3 is 5.97 Å². The van der Waals surface area contributed by atoms with E-state index in [1.54, 1.807) is 4.68 Å². The van der Waals surface area contributed by atoms with Gasteiger partial charge in [-0.2, -0.15) is 5.10 Å². The average Bonchev–Trinajstić information content (AvgIpc) is 2.62. The van der Waals surface area contributed by atoms with Crippen LogP contribution < -0.4 is 0 Å². The number of hydrogen-bond acceptors (Lipinski definition) is 3. The van der Waals surface area contributed by atoms with Gasteiger partial charge < -0.3 is 5.11 Å². The average molecular weight is 293 g/mol. The van der Waals surface area contributed by atoms with Gasteiger partial charge in [0.1, 0.15) is 5.82 Å². The molecule has 5 nitrogen and oxygen atoms in total. The summed E-state index contributed by atoms with van der Waals surface area (Å²) in [4.78, 5) is 16.5. The van der Waals surface area contributed by atoms with Gasteiger partial charge in [-0.25, -0.2) is 4.98 Å². The van der Waals surface area contributed by atoms with Gasteiger partial charge in [0, 0.05) is 19.9 Å². The van der Waals surface area contributed by atoms with E-state index >= 15 is 0 Å². The molecule has 1 fully saturated rings. The van der Waals surface area contributed by atoms with Crippen molar-refractivity contribution in [1.29, 1.82) is 0 Å². The lowest BCUT2D eigenvalue weighted by molar-refractivity contribution is -0.150. The van der Waals surface area contributed by atoms with Crippen LogP contribution in [0.2, 0.25) is 0 Å². The maximum Gasteiger partial charge on any atom is 0.310 e. The molecule has 0 aliphatic heterocycles. The van der Waals surface area contributed by atoms with E-state index in [0.29, 0.717) is 12.3 Å². The molecule has 1 aliphatic carbocycles. The minimum absolute atomic E-state index is 0.504. The third kappa shape index (κ3) is 3.83. The largest absolute Gasteiger partial charge is 0.481 e. The highest BCUT2D eigenvalue weighted by Crippen LogP contribution is 2.38. The van der Waals surface area contributed by atoms with Crippen LogP contribution >= 0.6 is 0 Å². The number of aryl methyl sites for hydroxylation is 1. The third-order valence-electron chi connectivity index (χ3n) is 4.50. The van der Waals surface area contributed by atoms with Gasteiger partial charge in [-0.1, -0.05) is 39.5 Å². The molecule has 0 bridgehead atoms. The minimum Gasteiger partial charge on any atom is -0.481 e. The second-order valence-electron chi connectivity index (χ2n) is 6.84. The maximum absolute atomic E-state index is 11.9. The summed E-state index contributed by atoms with van der Waals surface area (Å²) >= 11 is 0. The summed E-state index contributed by atoms with van der Waals surface area (Å²) in [6.07, 6.45) is 7.16. The van der Waals surface area contributed by atoms with Crippen LogP contribution in [0.25, 0.3) is 0 Å². The molecule has 0 amide bonds. The van der Waals surface area contributed by atoms with Crippen molar-refractivity contribution >= 4 is 5.97 Å². The van der Waals surface area contributed by atoms with Gasteiger partial charge in [-0.3, -0.25) is 9.48 Å². The normalized spacial score (nSPS) is 18.7. The second-order valence-corrected chi connectivity index (χ2v) is 6.84. The molecule has 1 aromatic rings. The standard InChI is InChI=1S/C16H27N3O2/c1-12(2)10-13-17-14(19(3)18-13)11-16(15(20)21)8-6-4-5-7-9-16/h12H,4-11H2,1-3H3,(H,20,21). The number of carboxylic acids is 1. The molecular formula is C16H27N3O2. The van der Waals surface area contributed by atoms with E-state index in [9.17, 15) is 9.90 Å². The number of nitrogens with zero attached hydrogens (tertiary/aromatic N) is 3. The van der Waals surface area contributed by atoms with Crippen molar-refractivity contribution in [2.24, 2.45) is 18.4 Å². The molecule has 21 heavy (non-hydrogen) atoms. The van der Waals surface area contributed by atoms with E-state index in [2.05, 4.69) is 23.9 Å². The Balaban J connectivity index is 2.20. The molecule has 1 saturated carbocycles. The van der Waals surface area contributed by atoms with Crippen LogP contribution in [0.5, 0.6) is 0 Å². The molecule has 0 aromatic carbocycles. The Bertz CT molecular complexity index is 486. The molecule has 0 atom stereocenters. The Morgan fingerprint density at radius 2 is 1.90 bits per heavy atom. The van der Waals surface area contributed by atoms with E-state index in [0.717, 1.165) is 56.6 Å². The van der Waals surface area contributed by atoms with Crippen molar-refractivity contribution in [2.45, 2.75) is 65.2 Å². The minimum atomic E-state index is -0.669. The van der Waals surface area contributed by atoms with E-state index < -0.39 is 11.4 Å². The summed E-state index contributed by atoms with van der Waals surface area (Å²) in [5.41, 5.74) is -0.646. The van der Waals surface area contributed by atoms with E-state index in [1.807, 2.05) is 7.05 Å². The molecular weight excluding hydrogens is 266 g/mol. The molecule has 0 unspecified atom stereocenters. The van der Waals surface area contributed by atoms with Crippen LogP contribution in [-0.4, -0.2) is 25.8 Å². The topological polar surface area (TPSA) is 68.0 Å². The summed E-state index contributed by atoms with van der Waals surface area (Å²) in [5, 5.41) is 14.2. The molecule has 0 saturated heterocycles. The molecule has 5 heteroatoms. The monoisotopic (exact) mass is 293 g/mol. The van der Waals surface area contributed by atoms with Gasteiger partial charge in [0.25, 0.3) is 0 Å². The molecule has 0 spiro atoms. The Morgan fingerprint density at radius 1 is 1.29 bits per heavy atom. The van der Waals surface area contributed by atoms with Crippen molar-refractivity contribution in [3.63, 3.8) is 0 Å². The van der Waals surface area contributed by atoms with Gasteiger partial charge in [-0.15, -0.1) is 0 Å². The van der Waals surface area contributed by atoms with Crippen molar-refractivity contribution in [3.8, 4) is 0 Å². The van der Waals surface area contributed by atoms with Crippen molar-refractivity contribution in [1.82, 2.24) is 14.8 Å². The maximum atomic E-state index is 11.9. The molecule has 1 N–H and O–H groups in total. The van der Waals surface area contributed by atoms with Gasteiger partial charge in [0.15, 0.2) is 5.82 Å². The van der Waals surface area contributed by atoms with Gasteiger partial charge in [-0.05, 0) is 18.8 Å². The number of aliphatic carboxylic acids is 1. The number of aromatic nitrogens is 3. The van der Waals surface area contributed by atoms with Crippen LogP contribution in [0.3, 0.4) is 0 Å². The first-order valence-corrected chi connectivity index (χ1v) is 8.05. The van der Waals surface area contributed by atoms with E-state index in [4.69, 9.17) is 0 Å². The number of hydrogen-bond donors (Lipinski definition) is 1. The molecule has 118 valence electrons. The lowest BCUT2D eigenvalue weighted by atomic mass is 9.77. The van der Waals surface area contributed by atoms with Gasteiger partial charge in [0.2, 0.25) is 0 Å². The summed E-state index contributed by atoms with van der Waals surface area (Å²) in [7, 11) is 1.87. The lowest BCUT2D eigenvalue weighted by Gasteiger charge is -2.27. The van der Waals surface area contributed by atoms with Crippen LogP contribution in [0.1, 0.15) is 64.0 Å². The number of rotatable bonds is 5. The first-order valence-electron chi connectivity index (χ1n) is 8.05. The summed E-state index contributed by atoms with van der Waals surface area (Å²) < 4.78 is 1.77. The van der Waals surface area contributed by atoms with Crippen LogP contribution in [0.4, 0.5) is 0 Å². The fraction of sp³-hybridized carbons (Fsp3) is 0.812. The zero-order valence-corrected chi connectivity index (χ0v) is 13.4. The number of carbonyl (C=O) groups is 1. The van der Waals surface area contributed by atoms with Crippen LogP contribution in [0, 0.1) is 11.3 Å². The molecule has 1 heterocycles. The molecule has 1 aliphatic rings. The van der Waals surface area contributed by atoms with E-state index in [1.165, 1.54) is 0 Å². The SMILES string of the molecule is CC(C)Cc1nc(CC2(C(=O)O)CCCCCC2)n(C)n1. The third-order valence-corrected chi connectivity index (χ3v) is 4.50. The first kappa shape index (κ1) is 16.0. The Kier molecular flexibility index (Phi) is 5.01. The second kappa shape index (κ2) is 6.58. The summed E-state index contributed by atoms with van der Waals surface area (Å²) in [6.45, 7) is 4.28.